The second kappa shape index (κ2) is 11.1. The third kappa shape index (κ3) is 6.09. The number of anilines is 1. The van der Waals surface area contributed by atoms with E-state index >= 15 is 0 Å². The number of nitrogens with zero attached hydrogens (tertiary/aromatic N) is 1. The van der Waals surface area contributed by atoms with Crippen molar-refractivity contribution in [2.24, 2.45) is 0 Å². The van der Waals surface area contributed by atoms with Crippen LogP contribution in [0.15, 0.2) is 76.2 Å². The molecule has 180 valence electrons. The number of benzene rings is 2. The lowest BCUT2D eigenvalue weighted by atomic mass is 10.1. The molecule has 0 unspecified atom stereocenters. The summed E-state index contributed by atoms with van der Waals surface area (Å²) in [6, 6.07) is 13.9. The minimum Gasteiger partial charge on any atom is -0.467 e. The van der Waals surface area contributed by atoms with Gasteiger partial charge in [-0.3, -0.25) is 14.5 Å². The van der Waals surface area contributed by atoms with Gasteiger partial charge in [-0.25, -0.2) is 17.5 Å². The first kappa shape index (κ1) is 25.1. The Bertz CT molecular complexity index is 1230. The quantitative estimate of drug-likeness (QED) is 0.457. The van der Waals surface area contributed by atoms with E-state index in [0.29, 0.717) is 5.76 Å². The molecule has 0 bridgehead atoms. The predicted molar refractivity (Wildman–Crippen MR) is 125 cm³/mol. The number of hydrogen-bond donors (Lipinski definition) is 2. The third-order valence-electron chi connectivity index (χ3n) is 5.14. The number of rotatable bonds is 10. The van der Waals surface area contributed by atoms with E-state index in [9.17, 15) is 22.4 Å². The van der Waals surface area contributed by atoms with Crippen LogP contribution in [0.2, 0.25) is 0 Å². The molecule has 0 aliphatic heterocycles. The first-order chi connectivity index (χ1) is 16.2. The van der Waals surface area contributed by atoms with Gasteiger partial charge in [0.25, 0.3) is 0 Å². The van der Waals surface area contributed by atoms with Crippen LogP contribution in [-0.4, -0.2) is 32.8 Å². The largest absolute Gasteiger partial charge is 0.467 e. The number of carbonyl (C=O) groups is 2. The van der Waals surface area contributed by atoms with Crippen LogP contribution in [0, 0.1) is 12.7 Å². The highest BCUT2D eigenvalue weighted by molar-refractivity contribution is 7.89. The van der Waals surface area contributed by atoms with E-state index < -0.39 is 40.2 Å². The highest BCUT2D eigenvalue weighted by Gasteiger charge is 2.32. The van der Waals surface area contributed by atoms with Crippen molar-refractivity contribution in [3.8, 4) is 0 Å². The van der Waals surface area contributed by atoms with E-state index in [0.717, 1.165) is 10.5 Å². The molecule has 10 heteroatoms. The van der Waals surface area contributed by atoms with Crippen LogP contribution in [0.5, 0.6) is 0 Å². The molecule has 34 heavy (non-hydrogen) atoms. The van der Waals surface area contributed by atoms with E-state index in [1.807, 2.05) is 6.92 Å². The molecule has 0 fully saturated rings. The van der Waals surface area contributed by atoms with Crippen molar-refractivity contribution in [3.05, 3.63) is 84.1 Å². The molecule has 0 saturated heterocycles. The van der Waals surface area contributed by atoms with Crippen LogP contribution in [0.25, 0.3) is 0 Å². The second-order valence-electron chi connectivity index (χ2n) is 7.57. The lowest BCUT2D eigenvalue weighted by Gasteiger charge is -2.30. The van der Waals surface area contributed by atoms with E-state index in [1.165, 1.54) is 42.7 Å². The number of para-hydroxylation sites is 1. The van der Waals surface area contributed by atoms with Gasteiger partial charge in [0, 0.05) is 0 Å². The lowest BCUT2D eigenvalue weighted by molar-refractivity contribution is -0.126. The minimum atomic E-state index is -3.99. The van der Waals surface area contributed by atoms with Crippen LogP contribution in [-0.2, 0) is 26.2 Å². The molecular formula is C24H26FN3O5S. The fourth-order valence-electron chi connectivity index (χ4n) is 3.36. The topological polar surface area (TPSA) is 109 Å². The number of sulfonamides is 1. The summed E-state index contributed by atoms with van der Waals surface area (Å²) < 4.78 is 47.4. The molecule has 2 N–H and O–H groups in total. The summed E-state index contributed by atoms with van der Waals surface area (Å²) in [4.78, 5) is 27.1. The number of furan rings is 1. The fraction of sp³-hybridized carbons (Fsp3) is 0.250. The maximum absolute atomic E-state index is 14.7. The zero-order valence-electron chi connectivity index (χ0n) is 18.8. The molecule has 8 nitrogen and oxygen atoms in total. The highest BCUT2D eigenvalue weighted by atomic mass is 32.2. The van der Waals surface area contributed by atoms with Crippen molar-refractivity contribution in [3.63, 3.8) is 0 Å². The number of amides is 2. The zero-order chi connectivity index (χ0) is 24.7. The predicted octanol–water partition coefficient (Wildman–Crippen LogP) is 3.13. The van der Waals surface area contributed by atoms with Gasteiger partial charge in [-0.1, -0.05) is 36.8 Å². The standard InChI is InChI=1S/C24H26FN3O5S/c1-3-21(24(30)26-15-18-7-6-14-33-18)28(22-9-5-4-8-20(22)25)23(29)16-27-34(31,32)19-12-10-17(2)11-13-19/h4-14,21,27H,3,15-16H2,1-2H3,(H,26,30)/t21-/m0/s1. The highest BCUT2D eigenvalue weighted by Crippen LogP contribution is 2.23. The Labute approximate surface area is 197 Å². The van der Waals surface area contributed by atoms with Gasteiger partial charge in [0.15, 0.2) is 0 Å². The van der Waals surface area contributed by atoms with Crippen LogP contribution in [0.1, 0.15) is 24.7 Å². The number of hydrogen-bond acceptors (Lipinski definition) is 5. The summed E-state index contributed by atoms with van der Waals surface area (Å²) in [5, 5.41) is 2.68. The molecule has 0 saturated carbocycles. The molecule has 0 radical (unpaired) electrons. The summed E-state index contributed by atoms with van der Waals surface area (Å²) in [5.74, 6) is -1.51. The van der Waals surface area contributed by atoms with Gasteiger partial charge in [0.2, 0.25) is 21.8 Å². The molecule has 0 spiro atoms. The van der Waals surface area contributed by atoms with Crippen LogP contribution >= 0.6 is 0 Å². The van der Waals surface area contributed by atoms with Crippen molar-refractivity contribution in [1.82, 2.24) is 10.0 Å². The smallest absolute Gasteiger partial charge is 0.243 e. The van der Waals surface area contributed by atoms with E-state index in [-0.39, 0.29) is 23.5 Å². The molecule has 0 aliphatic carbocycles. The van der Waals surface area contributed by atoms with Crippen LogP contribution < -0.4 is 14.9 Å². The average Bonchev–Trinajstić information content (AvgIpc) is 3.34. The van der Waals surface area contributed by atoms with E-state index in [1.54, 1.807) is 31.2 Å². The van der Waals surface area contributed by atoms with Crippen LogP contribution in [0.4, 0.5) is 10.1 Å². The van der Waals surface area contributed by atoms with Gasteiger partial charge in [0.1, 0.15) is 17.6 Å². The first-order valence-corrected chi connectivity index (χ1v) is 12.1. The minimum absolute atomic E-state index is 0.00780. The summed E-state index contributed by atoms with van der Waals surface area (Å²) >= 11 is 0. The zero-order valence-corrected chi connectivity index (χ0v) is 19.6. The van der Waals surface area contributed by atoms with Crippen molar-refractivity contribution < 1.29 is 26.8 Å². The number of aryl methyl sites for hydroxylation is 1. The molecule has 2 aromatic carbocycles. The molecule has 3 rings (SSSR count). The maximum atomic E-state index is 14.7. The summed E-state index contributed by atoms with van der Waals surface area (Å²) in [6.07, 6.45) is 1.63. The Morgan fingerprint density at radius 1 is 1.06 bits per heavy atom. The first-order valence-electron chi connectivity index (χ1n) is 10.7. The van der Waals surface area contributed by atoms with Gasteiger partial charge >= 0.3 is 0 Å². The SMILES string of the molecule is CC[C@@H](C(=O)NCc1ccco1)N(C(=O)CNS(=O)(=O)c1ccc(C)cc1)c1ccccc1F. The molecule has 1 heterocycles. The normalized spacial score (nSPS) is 12.2. The van der Waals surface area contributed by atoms with Gasteiger partial charge in [-0.2, -0.15) is 0 Å². The maximum Gasteiger partial charge on any atom is 0.243 e. The summed E-state index contributed by atoms with van der Waals surface area (Å²) in [5.41, 5.74) is 0.758. The molecule has 2 amide bonds. The van der Waals surface area contributed by atoms with Gasteiger partial charge in [-0.15, -0.1) is 0 Å². The van der Waals surface area contributed by atoms with Gasteiger partial charge in [0.05, 0.1) is 29.9 Å². The monoisotopic (exact) mass is 487 g/mol. The van der Waals surface area contributed by atoms with Gasteiger partial charge in [-0.05, 0) is 49.7 Å². The van der Waals surface area contributed by atoms with Crippen molar-refractivity contribution >= 4 is 27.5 Å². The summed E-state index contributed by atoms with van der Waals surface area (Å²) in [7, 11) is -3.99. The molecule has 1 aromatic heterocycles. The lowest BCUT2D eigenvalue weighted by Crippen LogP contribution is -2.52. The Morgan fingerprint density at radius 2 is 1.76 bits per heavy atom. The Hall–Kier alpha value is -3.50. The van der Waals surface area contributed by atoms with Crippen LogP contribution in [0.3, 0.4) is 0 Å². The molecule has 1 atom stereocenters. The second-order valence-corrected chi connectivity index (χ2v) is 9.34. The number of nitrogens with one attached hydrogen (secondary N) is 2. The Morgan fingerprint density at radius 3 is 2.38 bits per heavy atom. The number of carbonyl (C=O) groups excluding carboxylic acids is 2. The van der Waals surface area contributed by atoms with E-state index in [4.69, 9.17) is 4.42 Å². The van der Waals surface area contributed by atoms with Crippen molar-refractivity contribution in [2.45, 2.75) is 37.8 Å². The average molecular weight is 488 g/mol. The molecular weight excluding hydrogens is 461 g/mol. The number of halogens is 1. The van der Waals surface area contributed by atoms with Crippen molar-refractivity contribution in [2.75, 3.05) is 11.4 Å². The van der Waals surface area contributed by atoms with Gasteiger partial charge < -0.3 is 9.73 Å². The fourth-order valence-corrected chi connectivity index (χ4v) is 4.33. The Balaban J connectivity index is 1.83. The third-order valence-corrected chi connectivity index (χ3v) is 6.56. The Kier molecular flexibility index (Phi) is 8.19. The van der Waals surface area contributed by atoms with Crippen molar-refractivity contribution in [1.29, 1.82) is 0 Å². The molecule has 0 aliphatic rings. The summed E-state index contributed by atoms with van der Waals surface area (Å²) in [6.45, 7) is 2.92. The van der Waals surface area contributed by atoms with E-state index in [2.05, 4.69) is 10.0 Å². The molecule has 3 aromatic rings.